The number of ether oxygens (including phenoxy) is 1. The first-order chi connectivity index (χ1) is 14.5. The fourth-order valence-corrected chi connectivity index (χ4v) is 3.60. The van der Waals surface area contributed by atoms with E-state index in [1.54, 1.807) is 0 Å². The molecule has 0 atom stereocenters. The number of amides is 2. The molecule has 0 unspecified atom stereocenters. The maximum Gasteiger partial charge on any atom is 0.223 e. The van der Waals surface area contributed by atoms with E-state index >= 15 is 0 Å². The van der Waals surface area contributed by atoms with Gasteiger partial charge >= 0.3 is 0 Å². The topological polar surface area (TPSA) is 61.9 Å². The van der Waals surface area contributed by atoms with Crippen molar-refractivity contribution < 1.29 is 14.3 Å². The van der Waals surface area contributed by atoms with Crippen LogP contribution in [-0.4, -0.2) is 54.4 Å². The van der Waals surface area contributed by atoms with Gasteiger partial charge in [0.2, 0.25) is 11.8 Å². The number of benzene rings is 2. The van der Waals surface area contributed by atoms with E-state index in [9.17, 15) is 9.59 Å². The fourth-order valence-electron chi connectivity index (χ4n) is 3.48. The van der Waals surface area contributed by atoms with Crippen molar-refractivity contribution in [3.8, 4) is 5.75 Å². The number of rotatable bonds is 8. The highest BCUT2D eigenvalue weighted by molar-refractivity contribution is 6.30. The van der Waals surface area contributed by atoms with Crippen molar-refractivity contribution in [3.05, 3.63) is 59.1 Å². The predicted octanol–water partition coefficient (Wildman–Crippen LogP) is 3.80. The van der Waals surface area contributed by atoms with E-state index in [0.29, 0.717) is 31.0 Å². The van der Waals surface area contributed by atoms with E-state index in [1.807, 2.05) is 53.4 Å². The van der Waals surface area contributed by atoms with Crippen molar-refractivity contribution in [3.63, 3.8) is 0 Å². The molecule has 2 amide bonds. The van der Waals surface area contributed by atoms with Gasteiger partial charge in [-0.3, -0.25) is 14.5 Å². The number of hydrogen-bond acceptors (Lipinski definition) is 4. The highest BCUT2D eigenvalue weighted by Crippen LogP contribution is 2.23. The van der Waals surface area contributed by atoms with Gasteiger partial charge in [0, 0.05) is 51.1 Å². The Hall–Kier alpha value is -2.57. The third kappa shape index (κ3) is 6.75. The summed E-state index contributed by atoms with van der Waals surface area (Å²) in [5.74, 6) is 0.695. The summed E-state index contributed by atoms with van der Waals surface area (Å²) in [5.41, 5.74) is 1.86. The molecule has 6 nitrogen and oxygen atoms in total. The molecule has 1 heterocycles. The van der Waals surface area contributed by atoms with Gasteiger partial charge in [0.1, 0.15) is 5.75 Å². The van der Waals surface area contributed by atoms with E-state index in [-0.39, 0.29) is 11.8 Å². The van der Waals surface area contributed by atoms with E-state index < -0.39 is 0 Å². The first kappa shape index (κ1) is 22.1. The molecule has 1 saturated heterocycles. The van der Waals surface area contributed by atoms with Gasteiger partial charge < -0.3 is 15.0 Å². The third-order valence-electron chi connectivity index (χ3n) is 5.03. The van der Waals surface area contributed by atoms with Gasteiger partial charge in [-0.1, -0.05) is 35.9 Å². The molecule has 1 fully saturated rings. The number of hydrogen-bond donors (Lipinski definition) is 1. The Bertz CT molecular complexity index is 857. The van der Waals surface area contributed by atoms with Crippen LogP contribution in [0.25, 0.3) is 0 Å². The summed E-state index contributed by atoms with van der Waals surface area (Å²) >= 11 is 5.96. The van der Waals surface area contributed by atoms with Gasteiger partial charge in [-0.15, -0.1) is 0 Å². The molecule has 0 radical (unpaired) electrons. The van der Waals surface area contributed by atoms with Crippen LogP contribution in [-0.2, 0) is 16.1 Å². The molecule has 30 heavy (non-hydrogen) atoms. The number of carbonyl (C=O) groups is 2. The lowest BCUT2D eigenvalue weighted by atomic mass is 10.2. The zero-order valence-electron chi connectivity index (χ0n) is 17.3. The number of nitrogens with zero attached hydrogens (tertiary/aromatic N) is 2. The maximum atomic E-state index is 12.5. The Balaban J connectivity index is 1.44. The number of carbonyl (C=O) groups excluding carboxylic acids is 2. The van der Waals surface area contributed by atoms with Crippen molar-refractivity contribution in [2.45, 2.75) is 26.3 Å². The Morgan fingerprint density at radius 1 is 1.10 bits per heavy atom. The number of nitrogens with one attached hydrogen (secondary N) is 1. The summed E-state index contributed by atoms with van der Waals surface area (Å²) in [7, 11) is 0. The minimum absolute atomic E-state index is 0.135. The molecule has 0 aromatic heterocycles. The standard InChI is InChI=1S/C23H28ClN3O3/c1-18(28)25-21-5-2-3-6-22(21)30-16-4-12-27-15-14-26(13-11-23(27)29)17-19-7-9-20(24)10-8-19/h2-3,5-10H,4,11-17H2,1H3,(H,25,28). The predicted molar refractivity (Wildman–Crippen MR) is 119 cm³/mol. The molecule has 160 valence electrons. The van der Waals surface area contributed by atoms with E-state index in [1.165, 1.54) is 12.5 Å². The SMILES string of the molecule is CC(=O)Nc1ccccc1OCCCN1CCN(Cc2ccc(Cl)cc2)CCC1=O. The zero-order chi connectivity index (χ0) is 21.3. The minimum Gasteiger partial charge on any atom is -0.491 e. The summed E-state index contributed by atoms with van der Waals surface area (Å²) in [6.45, 7) is 5.76. The minimum atomic E-state index is -0.135. The molecular weight excluding hydrogens is 402 g/mol. The van der Waals surface area contributed by atoms with Crippen molar-refractivity contribution in [1.29, 1.82) is 0 Å². The molecule has 3 rings (SSSR count). The second-order valence-corrected chi connectivity index (χ2v) is 7.85. The first-order valence-corrected chi connectivity index (χ1v) is 10.6. The normalized spacial score (nSPS) is 15.0. The Kier molecular flexibility index (Phi) is 8.11. The average molecular weight is 430 g/mol. The molecule has 1 aliphatic heterocycles. The van der Waals surface area contributed by atoms with Crippen molar-refractivity contribution >= 4 is 29.1 Å². The second kappa shape index (κ2) is 11.0. The van der Waals surface area contributed by atoms with Crippen LogP contribution < -0.4 is 10.1 Å². The van der Waals surface area contributed by atoms with Crippen LogP contribution >= 0.6 is 11.6 Å². The molecular formula is C23H28ClN3O3. The quantitative estimate of drug-likeness (QED) is 0.648. The second-order valence-electron chi connectivity index (χ2n) is 7.41. The fraction of sp³-hybridized carbons (Fsp3) is 0.391. The van der Waals surface area contributed by atoms with Crippen molar-refractivity contribution in [2.75, 3.05) is 38.1 Å². The Labute approximate surface area is 182 Å². The van der Waals surface area contributed by atoms with Crippen LogP contribution in [0.1, 0.15) is 25.3 Å². The Morgan fingerprint density at radius 3 is 2.63 bits per heavy atom. The van der Waals surface area contributed by atoms with Gasteiger partial charge in [0.15, 0.2) is 0 Å². The molecule has 7 heteroatoms. The molecule has 0 spiro atoms. The van der Waals surface area contributed by atoms with Crippen LogP contribution in [0.4, 0.5) is 5.69 Å². The number of para-hydroxylation sites is 2. The monoisotopic (exact) mass is 429 g/mol. The zero-order valence-corrected chi connectivity index (χ0v) is 18.0. The lowest BCUT2D eigenvalue weighted by Gasteiger charge is -2.22. The molecule has 1 N–H and O–H groups in total. The number of anilines is 1. The highest BCUT2D eigenvalue weighted by Gasteiger charge is 2.20. The largest absolute Gasteiger partial charge is 0.491 e. The average Bonchev–Trinajstić information content (AvgIpc) is 2.89. The summed E-state index contributed by atoms with van der Waals surface area (Å²) in [4.78, 5) is 28.0. The van der Waals surface area contributed by atoms with Gasteiger partial charge in [-0.25, -0.2) is 0 Å². The van der Waals surface area contributed by atoms with Crippen molar-refractivity contribution in [2.24, 2.45) is 0 Å². The van der Waals surface area contributed by atoms with Gasteiger partial charge in [0.05, 0.1) is 12.3 Å². The van der Waals surface area contributed by atoms with Crippen LogP contribution in [0.2, 0.25) is 5.02 Å². The van der Waals surface area contributed by atoms with Crippen LogP contribution in [0.15, 0.2) is 48.5 Å². The van der Waals surface area contributed by atoms with Gasteiger partial charge in [0.25, 0.3) is 0 Å². The summed E-state index contributed by atoms with van der Waals surface area (Å²) in [6, 6.07) is 15.2. The lowest BCUT2D eigenvalue weighted by Crippen LogP contribution is -2.34. The number of halogens is 1. The molecule has 0 bridgehead atoms. The maximum absolute atomic E-state index is 12.5. The first-order valence-electron chi connectivity index (χ1n) is 10.3. The van der Waals surface area contributed by atoms with E-state index in [2.05, 4.69) is 10.2 Å². The van der Waals surface area contributed by atoms with E-state index in [4.69, 9.17) is 16.3 Å². The Morgan fingerprint density at radius 2 is 1.87 bits per heavy atom. The van der Waals surface area contributed by atoms with Crippen LogP contribution in [0, 0.1) is 0 Å². The van der Waals surface area contributed by atoms with Gasteiger partial charge in [-0.2, -0.15) is 0 Å². The molecule has 1 aliphatic rings. The lowest BCUT2D eigenvalue weighted by molar-refractivity contribution is -0.130. The smallest absolute Gasteiger partial charge is 0.223 e. The summed E-state index contributed by atoms with van der Waals surface area (Å²) in [5, 5.41) is 3.50. The van der Waals surface area contributed by atoms with Crippen molar-refractivity contribution in [1.82, 2.24) is 9.80 Å². The third-order valence-corrected chi connectivity index (χ3v) is 5.28. The summed E-state index contributed by atoms with van der Waals surface area (Å²) in [6.07, 6.45) is 1.26. The van der Waals surface area contributed by atoms with E-state index in [0.717, 1.165) is 37.6 Å². The highest BCUT2D eigenvalue weighted by atomic mass is 35.5. The van der Waals surface area contributed by atoms with Crippen LogP contribution in [0.3, 0.4) is 0 Å². The van der Waals surface area contributed by atoms with Gasteiger partial charge in [-0.05, 0) is 36.2 Å². The van der Waals surface area contributed by atoms with Crippen LogP contribution in [0.5, 0.6) is 5.75 Å². The summed E-state index contributed by atoms with van der Waals surface area (Å²) < 4.78 is 5.83. The molecule has 2 aromatic rings. The molecule has 2 aromatic carbocycles. The molecule has 0 saturated carbocycles. The molecule has 0 aliphatic carbocycles.